The molecule has 0 bridgehead atoms. The number of nitrogens with one attached hydrogen (secondary N) is 3. The average Bonchev–Trinajstić information content (AvgIpc) is 2.67. The molecular formula is C20H25N3O3. The van der Waals surface area contributed by atoms with E-state index in [0.717, 1.165) is 29.2 Å². The van der Waals surface area contributed by atoms with Gasteiger partial charge in [-0.05, 0) is 55.0 Å². The van der Waals surface area contributed by atoms with Crippen molar-refractivity contribution in [2.45, 2.75) is 26.7 Å². The van der Waals surface area contributed by atoms with Gasteiger partial charge in [0.2, 0.25) is 11.8 Å². The molecule has 0 heterocycles. The number of carbonyl (C=O) groups is 2. The smallest absolute Gasteiger partial charge is 0.243 e. The molecule has 6 heteroatoms. The van der Waals surface area contributed by atoms with Crippen molar-refractivity contribution < 1.29 is 14.3 Å². The standard InChI is InChI=1S/C20H25N3O3/c1-3-13-26-18-11-9-17(10-12-18)23-20(25)14-21-15-5-7-16(8-6-15)22-19(24)4-2/h5-12,21H,3-4,13-14H2,1-2H3,(H,22,24)(H,23,25). The van der Waals surface area contributed by atoms with Gasteiger partial charge >= 0.3 is 0 Å². The molecule has 0 aliphatic heterocycles. The van der Waals surface area contributed by atoms with Crippen LogP contribution in [0.5, 0.6) is 5.75 Å². The van der Waals surface area contributed by atoms with E-state index in [9.17, 15) is 9.59 Å². The molecule has 6 nitrogen and oxygen atoms in total. The summed E-state index contributed by atoms with van der Waals surface area (Å²) >= 11 is 0. The SMILES string of the molecule is CCCOc1ccc(NC(=O)CNc2ccc(NC(=O)CC)cc2)cc1. The molecule has 0 fully saturated rings. The maximum Gasteiger partial charge on any atom is 0.243 e. The third-order valence-electron chi connectivity index (χ3n) is 3.55. The lowest BCUT2D eigenvalue weighted by Crippen LogP contribution is -2.21. The molecule has 0 atom stereocenters. The Labute approximate surface area is 153 Å². The van der Waals surface area contributed by atoms with Crippen LogP contribution in [0.15, 0.2) is 48.5 Å². The quantitative estimate of drug-likeness (QED) is 0.638. The lowest BCUT2D eigenvalue weighted by atomic mass is 10.2. The molecule has 3 N–H and O–H groups in total. The van der Waals surface area contributed by atoms with Crippen molar-refractivity contribution in [1.29, 1.82) is 0 Å². The number of carbonyl (C=O) groups excluding carboxylic acids is 2. The molecule has 0 radical (unpaired) electrons. The maximum absolute atomic E-state index is 12.0. The summed E-state index contributed by atoms with van der Waals surface area (Å²) < 4.78 is 5.51. The highest BCUT2D eigenvalue weighted by atomic mass is 16.5. The van der Waals surface area contributed by atoms with Crippen LogP contribution < -0.4 is 20.7 Å². The first kappa shape index (κ1) is 19.3. The Morgan fingerprint density at radius 1 is 0.808 bits per heavy atom. The van der Waals surface area contributed by atoms with Gasteiger partial charge in [-0.3, -0.25) is 9.59 Å². The molecule has 0 spiro atoms. The minimum Gasteiger partial charge on any atom is -0.494 e. The number of benzene rings is 2. The molecule has 2 rings (SSSR count). The minimum atomic E-state index is -0.143. The van der Waals surface area contributed by atoms with Crippen molar-refractivity contribution in [3.05, 3.63) is 48.5 Å². The summed E-state index contributed by atoms with van der Waals surface area (Å²) in [5.41, 5.74) is 2.26. The van der Waals surface area contributed by atoms with Gasteiger partial charge in [0, 0.05) is 23.5 Å². The Hall–Kier alpha value is -3.02. The molecule has 0 aliphatic rings. The van der Waals surface area contributed by atoms with Crippen molar-refractivity contribution in [2.75, 3.05) is 29.1 Å². The van der Waals surface area contributed by atoms with Gasteiger partial charge in [-0.25, -0.2) is 0 Å². The fourth-order valence-electron chi connectivity index (χ4n) is 2.16. The van der Waals surface area contributed by atoms with Crippen LogP contribution in [0.1, 0.15) is 26.7 Å². The highest BCUT2D eigenvalue weighted by Gasteiger charge is 2.04. The van der Waals surface area contributed by atoms with Crippen molar-refractivity contribution in [3.63, 3.8) is 0 Å². The van der Waals surface area contributed by atoms with E-state index in [4.69, 9.17) is 4.74 Å². The second-order valence-corrected chi connectivity index (χ2v) is 5.75. The van der Waals surface area contributed by atoms with E-state index in [1.54, 1.807) is 19.1 Å². The molecule has 138 valence electrons. The highest BCUT2D eigenvalue weighted by Crippen LogP contribution is 2.16. The van der Waals surface area contributed by atoms with E-state index in [-0.39, 0.29) is 18.4 Å². The van der Waals surface area contributed by atoms with Crippen molar-refractivity contribution >= 4 is 28.9 Å². The summed E-state index contributed by atoms with van der Waals surface area (Å²) in [5.74, 6) is 0.616. The first-order chi connectivity index (χ1) is 12.6. The maximum atomic E-state index is 12.0. The van der Waals surface area contributed by atoms with Crippen LogP contribution in [0.4, 0.5) is 17.1 Å². The largest absolute Gasteiger partial charge is 0.494 e. The third kappa shape index (κ3) is 6.47. The van der Waals surface area contributed by atoms with E-state index in [1.165, 1.54) is 0 Å². The number of hydrogen-bond acceptors (Lipinski definition) is 4. The second kappa shape index (κ2) is 10.1. The summed E-state index contributed by atoms with van der Waals surface area (Å²) in [6.07, 6.45) is 1.39. The summed E-state index contributed by atoms with van der Waals surface area (Å²) in [4.78, 5) is 23.4. The molecule has 0 aliphatic carbocycles. The Balaban J connectivity index is 1.78. The predicted molar refractivity (Wildman–Crippen MR) is 105 cm³/mol. The lowest BCUT2D eigenvalue weighted by Gasteiger charge is -2.10. The van der Waals surface area contributed by atoms with Gasteiger partial charge < -0.3 is 20.7 Å². The number of anilines is 3. The van der Waals surface area contributed by atoms with E-state index in [1.807, 2.05) is 36.4 Å². The summed E-state index contributed by atoms with van der Waals surface area (Å²) in [6, 6.07) is 14.5. The van der Waals surface area contributed by atoms with E-state index in [0.29, 0.717) is 13.0 Å². The summed E-state index contributed by atoms with van der Waals surface area (Å²) in [5, 5.41) is 8.65. The predicted octanol–water partition coefficient (Wildman–Crippen LogP) is 3.87. The fourth-order valence-corrected chi connectivity index (χ4v) is 2.16. The zero-order valence-corrected chi connectivity index (χ0v) is 15.2. The molecular weight excluding hydrogens is 330 g/mol. The molecule has 0 unspecified atom stereocenters. The number of ether oxygens (including phenoxy) is 1. The highest BCUT2D eigenvalue weighted by molar-refractivity contribution is 5.94. The van der Waals surface area contributed by atoms with Crippen LogP contribution in [0, 0.1) is 0 Å². The van der Waals surface area contributed by atoms with Gasteiger partial charge in [-0.1, -0.05) is 13.8 Å². The van der Waals surface area contributed by atoms with Gasteiger partial charge in [0.05, 0.1) is 13.2 Å². The fraction of sp³-hybridized carbons (Fsp3) is 0.300. The van der Waals surface area contributed by atoms with Gasteiger partial charge in [0.15, 0.2) is 0 Å². The molecule has 2 aromatic rings. The van der Waals surface area contributed by atoms with Gasteiger partial charge in [-0.2, -0.15) is 0 Å². The van der Waals surface area contributed by atoms with E-state index in [2.05, 4.69) is 22.9 Å². The molecule has 2 aromatic carbocycles. The van der Waals surface area contributed by atoms with Gasteiger partial charge in [0.1, 0.15) is 5.75 Å². The molecule has 0 saturated carbocycles. The van der Waals surface area contributed by atoms with Gasteiger partial charge in [-0.15, -0.1) is 0 Å². The molecule has 26 heavy (non-hydrogen) atoms. The Morgan fingerprint density at radius 2 is 1.35 bits per heavy atom. The van der Waals surface area contributed by atoms with E-state index >= 15 is 0 Å². The Morgan fingerprint density at radius 3 is 1.92 bits per heavy atom. The summed E-state index contributed by atoms with van der Waals surface area (Å²) in [7, 11) is 0. The zero-order valence-electron chi connectivity index (χ0n) is 15.2. The van der Waals surface area contributed by atoms with Crippen LogP contribution in [0.25, 0.3) is 0 Å². The second-order valence-electron chi connectivity index (χ2n) is 5.75. The van der Waals surface area contributed by atoms with Crippen LogP contribution in [-0.2, 0) is 9.59 Å². The number of rotatable bonds is 9. The topological polar surface area (TPSA) is 79.5 Å². The van der Waals surface area contributed by atoms with Crippen LogP contribution in [0.3, 0.4) is 0 Å². The first-order valence-corrected chi connectivity index (χ1v) is 8.77. The minimum absolute atomic E-state index is 0.0313. The molecule has 2 amide bonds. The third-order valence-corrected chi connectivity index (χ3v) is 3.55. The van der Waals surface area contributed by atoms with Crippen molar-refractivity contribution in [3.8, 4) is 5.75 Å². The molecule has 0 saturated heterocycles. The van der Waals surface area contributed by atoms with Crippen molar-refractivity contribution in [2.24, 2.45) is 0 Å². The Kier molecular flexibility index (Phi) is 7.49. The van der Waals surface area contributed by atoms with Crippen LogP contribution in [0.2, 0.25) is 0 Å². The first-order valence-electron chi connectivity index (χ1n) is 8.77. The van der Waals surface area contributed by atoms with Crippen molar-refractivity contribution in [1.82, 2.24) is 0 Å². The van der Waals surface area contributed by atoms with Gasteiger partial charge in [0.25, 0.3) is 0 Å². The number of amides is 2. The zero-order chi connectivity index (χ0) is 18.8. The molecule has 0 aromatic heterocycles. The van der Waals surface area contributed by atoms with E-state index < -0.39 is 0 Å². The average molecular weight is 355 g/mol. The van der Waals surface area contributed by atoms with Crippen LogP contribution in [-0.4, -0.2) is 25.0 Å². The Bertz CT molecular complexity index is 712. The monoisotopic (exact) mass is 355 g/mol. The number of hydrogen-bond donors (Lipinski definition) is 3. The summed E-state index contributed by atoms with van der Waals surface area (Å²) in [6.45, 7) is 4.68. The normalized spacial score (nSPS) is 10.1. The lowest BCUT2D eigenvalue weighted by molar-refractivity contribution is -0.116. The van der Waals surface area contributed by atoms with Crippen LogP contribution >= 0.6 is 0 Å².